The van der Waals surface area contributed by atoms with Gasteiger partial charge in [-0.1, -0.05) is 30.3 Å². The number of hydrogen-bond acceptors (Lipinski definition) is 7. The summed E-state index contributed by atoms with van der Waals surface area (Å²) in [6.07, 6.45) is 12.1. The van der Waals surface area contributed by atoms with Crippen LogP contribution in [0.3, 0.4) is 0 Å². The van der Waals surface area contributed by atoms with Gasteiger partial charge in [-0.3, -0.25) is 19.8 Å². The van der Waals surface area contributed by atoms with E-state index in [2.05, 4.69) is 34.5 Å². The van der Waals surface area contributed by atoms with Gasteiger partial charge in [-0.2, -0.15) is 0 Å². The Labute approximate surface area is 239 Å². The number of nitrogens with zero attached hydrogens (tertiary/aromatic N) is 2. The van der Waals surface area contributed by atoms with Crippen LogP contribution in [0.1, 0.15) is 47.9 Å². The number of aromatic hydroxyl groups is 1. The van der Waals surface area contributed by atoms with Gasteiger partial charge in [0.1, 0.15) is 6.10 Å². The van der Waals surface area contributed by atoms with Gasteiger partial charge >= 0.3 is 0 Å². The molecule has 3 aromatic rings. The zero-order valence-corrected chi connectivity index (χ0v) is 23.1. The number of phenolic OH excluding ortho intramolecular Hbond substituents is 1. The zero-order chi connectivity index (χ0) is 28.6. The Balaban J connectivity index is 0.000000233. The van der Waals surface area contributed by atoms with Crippen LogP contribution in [0.4, 0.5) is 5.69 Å². The van der Waals surface area contributed by atoms with E-state index >= 15 is 0 Å². The van der Waals surface area contributed by atoms with Gasteiger partial charge in [0.25, 0.3) is 5.69 Å². The molecular weight excluding hydrogens is 522 g/mol. The largest absolute Gasteiger partial charge is 0.504 e. The molecule has 1 amide bonds. The average molecular weight is 558 g/mol. The summed E-state index contributed by atoms with van der Waals surface area (Å²) in [6.45, 7) is 1.96. The molecule has 1 saturated heterocycles. The summed E-state index contributed by atoms with van der Waals surface area (Å²) >= 11 is 0. The number of carbonyl (C=O) groups excluding carboxylic acids is 1. The number of carbonyl (C=O) groups is 1. The van der Waals surface area contributed by atoms with Crippen LogP contribution in [0.15, 0.2) is 65.5 Å². The molecule has 1 aromatic heterocycles. The third-order valence-corrected chi connectivity index (χ3v) is 9.39. The molecule has 0 unspecified atom stereocenters. The van der Waals surface area contributed by atoms with E-state index in [4.69, 9.17) is 9.15 Å². The highest BCUT2D eigenvalue weighted by atomic mass is 16.6. The van der Waals surface area contributed by atoms with Crippen LogP contribution in [0.25, 0.3) is 6.08 Å². The number of nitro groups is 1. The maximum Gasteiger partial charge on any atom is 0.276 e. The maximum absolute atomic E-state index is 11.9. The summed E-state index contributed by atoms with van der Waals surface area (Å²) in [4.78, 5) is 24.8. The Kier molecular flexibility index (Phi) is 7.30. The fraction of sp³-hybridized carbons (Fsp3) is 0.406. The van der Waals surface area contributed by atoms with Crippen molar-refractivity contribution in [3.05, 3.63) is 93.4 Å². The van der Waals surface area contributed by atoms with Gasteiger partial charge in [0.15, 0.2) is 11.5 Å². The van der Waals surface area contributed by atoms with Crippen molar-refractivity contribution in [3.8, 4) is 11.5 Å². The summed E-state index contributed by atoms with van der Waals surface area (Å²) in [5.74, 6) is 0.791. The van der Waals surface area contributed by atoms with Crippen molar-refractivity contribution >= 4 is 17.7 Å². The van der Waals surface area contributed by atoms with Crippen LogP contribution in [0.2, 0.25) is 0 Å². The first-order valence-corrected chi connectivity index (χ1v) is 14.3. The molecule has 2 fully saturated rings. The molecule has 3 heterocycles. The minimum Gasteiger partial charge on any atom is -0.504 e. The molecule has 7 rings (SSSR count). The highest BCUT2D eigenvalue weighted by Crippen LogP contribution is 2.65. The molecular formula is C32H35N3O6. The van der Waals surface area contributed by atoms with E-state index in [1.807, 2.05) is 6.07 Å². The van der Waals surface area contributed by atoms with E-state index in [-0.39, 0.29) is 33.8 Å². The van der Waals surface area contributed by atoms with E-state index in [1.54, 1.807) is 31.7 Å². The van der Waals surface area contributed by atoms with Gasteiger partial charge in [0.2, 0.25) is 5.91 Å². The minimum absolute atomic E-state index is 0.0389. The molecule has 2 aliphatic heterocycles. The number of benzene rings is 2. The lowest BCUT2D eigenvalue weighted by Crippen LogP contribution is -2.64. The predicted molar refractivity (Wildman–Crippen MR) is 154 cm³/mol. The number of likely N-dealkylation sites (tertiary alicyclic amines) is 1. The van der Waals surface area contributed by atoms with Crippen molar-refractivity contribution in [3.63, 3.8) is 0 Å². The molecule has 9 nitrogen and oxygen atoms in total. The van der Waals surface area contributed by atoms with E-state index in [1.165, 1.54) is 17.7 Å². The SMILES string of the molecule is CNC(=O)/C=C/c1ccoc1.O=[N+]([O-])c1cc(O)c2c3c1C[C@@H]1[C@@H]4CCC[C@H](O2)[C@]34CCN1CCc1ccccc1. The summed E-state index contributed by atoms with van der Waals surface area (Å²) in [5.41, 5.74) is 3.89. The van der Waals surface area contributed by atoms with E-state index in [0.717, 1.165) is 61.9 Å². The second kappa shape index (κ2) is 11.0. The van der Waals surface area contributed by atoms with Crippen molar-refractivity contribution in [1.29, 1.82) is 0 Å². The van der Waals surface area contributed by atoms with Gasteiger partial charge in [-0.25, -0.2) is 0 Å². The van der Waals surface area contributed by atoms with Crippen LogP contribution in [-0.4, -0.2) is 53.1 Å². The molecule has 2 aromatic carbocycles. The number of hydrogen-bond donors (Lipinski definition) is 2. The van der Waals surface area contributed by atoms with E-state index in [0.29, 0.717) is 24.1 Å². The zero-order valence-electron chi connectivity index (χ0n) is 23.1. The average Bonchev–Trinajstić information content (AvgIpc) is 3.63. The van der Waals surface area contributed by atoms with Gasteiger partial charge in [-0.15, -0.1) is 0 Å². The Bertz CT molecular complexity index is 1450. The Morgan fingerprint density at radius 1 is 1.27 bits per heavy atom. The number of amides is 1. The number of piperidine rings is 1. The van der Waals surface area contributed by atoms with Crippen molar-refractivity contribution in [1.82, 2.24) is 10.2 Å². The first-order valence-electron chi connectivity index (χ1n) is 14.3. The van der Waals surface area contributed by atoms with Crippen molar-refractivity contribution in [2.45, 2.75) is 56.1 Å². The van der Waals surface area contributed by atoms with Crippen LogP contribution in [-0.2, 0) is 23.1 Å². The fourth-order valence-electron chi connectivity index (χ4n) is 7.64. The third-order valence-electron chi connectivity index (χ3n) is 9.39. The Hall–Kier alpha value is -4.11. The summed E-state index contributed by atoms with van der Waals surface area (Å²) < 4.78 is 11.1. The molecule has 1 saturated carbocycles. The molecule has 2 N–H and O–H groups in total. The molecule has 4 atom stereocenters. The van der Waals surface area contributed by atoms with E-state index < -0.39 is 0 Å². The first-order chi connectivity index (χ1) is 19.9. The second-order valence-corrected chi connectivity index (χ2v) is 11.3. The fourth-order valence-corrected chi connectivity index (χ4v) is 7.64. The number of phenols is 1. The Morgan fingerprint density at radius 2 is 2.10 bits per heavy atom. The molecule has 2 bridgehead atoms. The van der Waals surface area contributed by atoms with Crippen molar-refractivity contribution in [2.75, 3.05) is 20.1 Å². The van der Waals surface area contributed by atoms with Gasteiger partial charge in [-0.05, 0) is 68.7 Å². The number of ether oxygens (including phenoxy) is 1. The van der Waals surface area contributed by atoms with E-state index in [9.17, 15) is 20.0 Å². The summed E-state index contributed by atoms with van der Waals surface area (Å²) in [6, 6.07) is 13.9. The summed E-state index contributed by atoms with van der Waals surface area (Å²) in [7, 11) is 1.59. The first kappa shape index (κ1) is 27.1. The smallest absolute Gasteiger partial charge is 0.276 e. The normalized spacial score (nSPS) is 25.5. The van der Waals surface area contributed by atoms with Crippen molar-refractivity contribution < 1.29 is 24.0 Å². The molecule has 1 spiro atoms. The van der Waals surface area contributed by atoms with Crippen LogP contribution in [0, 0.1) is 16.0 Å². The molecule has 214 valence electrons. The Morgan fingerprint density at radius 3 is 2.83 bits per heavy atom. The lowest BCUT2D eigenvalue weighted by Gasteiger charge is -2.58. The molecule has 9 heteroatoms. The lowest BCUT2D eigenvalue weighted by atomic mass is 9.51. The van der Waals surface area contributed by atoms with Crippen LogP contribution < -0.4 is 10.1 Å². The van der Waals surface area contributed by atoms with Crippen LogP contribution in [0.5, 0.6) is 11.5 Å². The van der Waals surface area contributed by atoms with Gasteiger partial charge in [0, 0.05) is 47.8 Å². The number of nitro benzene ring substituents is 1. The predicted octanol–water partition coefficient (Wildman–Crippen LogP) is 5.01. The number of furan rings is 1. The van der Waals surface area contributed by atoms with Gasteiger partial charge < -0.3 is 19.6 Å². The third kappa shape index (κ3) is 4.78. The van der Waals surface area contributed by atoms with Crippen molar-refractivity contribution in [2.24, 2.45) is 5.92 Å². The highest BCUT2D eigenvalue weighted by molar-refractivity contribution is 5.91. The minimum atomic E-state index is -0.327. The molecule has 2 aliphatic carbocycles. The van der Waals surface area contributed by atoms with Gasteiger partial charge in [0.05, 0.1) is 23.5 Å². The molecule has 4 aliphatic rings. The molecule has 0 radical (unpaired) electrons. The standard InChI is InChI=1S/C24H26N2O4.C8H9NO2/c27-20-14-18(26(28)29)16-13-19-17-7-4-8-21-24(17,22(16)23(20)30-21)10-12-25(19)11-9-15-5-2-1-3-6-15;1-9-8(10)3-2-7-4-5-11-6-7/h1-3,5-6,14,17,19,21,27H,4,7-13H2;2-6H,1H3,(H,9,10)/b;3-2+/t17-,19+,21-,24+;/m0./s1. The highest BCUT2D eigenvalue weighted by Gasteiger charge is 2.64. The topological polar surface area (TPSA) is 118 Å². The second-order valence-electron chi connectivity index (χ2n) is 11.3. The number of likely N-dealkylation sites (N-methyl/N-ethyl adjacent to an activating group) is 1. The maximum atomic E-state index is 11.9. The lowest BCUT2D eigenvalue weighted by molar-refractivity contribution is -0.385. The number of nitrogens with one attached hydrogen (secondary N) is 1. The molecule has 41 heavy (non-hydrogen) atoms. The van der Waals surface area contributed by atoms with Crippen LogP contribution >= 0.6 is 0 Å². The quantitative estimate of drug-likeness (QED) is 0.248. The monoisotopic (exact) mass is 557 g/mol. The summed E-state index contributed by atoms with van der Waals surface area (Å²) in [5, 5.41) is 24.9. The number of rotatable bonds is 6.